The summed E-state index contributed by atoms with van der Waals surface area (Å²) < 4.78 is 0. The molecular weight excluding hydrogens is 189 g/mol. The maximum Gasteiger partial charge on any atom is 0.0214 e. The van der Waals surface area contributed by atoms with Crippen LogP contribution in [0, 0.1) is 12.8 Å². The quantitative estimate of drug-likeness (QED) is 0.750. The molecule has 0 saturated carbocycles. The minimum Gasteiger partial charge on any atom is -0.312 e. The van der Waals surface area contributed by atoms with Gasteiger partial charge in [-0.25, -0.2) is 0 Å². The number of aryl methyl sites for hydroxylation is 1. The summed E-state index contributed by atoms with van der Waals surface area (Å²) in [5.41, 5.74) is 2.78. The molecule has 1 nitrogen and oxygen atoms in total. The average molecular weight is 209 g/mol. The Bertz CT molecular complexity index is 274. The smallest absolute Gasteiger partial charge is 0.0214 e. The van der Waals surface area contributed by atoms with E-state index < -0.39 is 0 Å². The van der Waals surface area contributed by atoms with Crippen LogP contribution in [0.1, 0.15) is 25.0 Å². The second-order valence-corrected chi connectivity index (χ2v) is 4.79. The molecule has 0 bridgehead atoms. The van der Waals surface area contributed by atoms with Crippen molar-refractivity contribution >= 4 is 14.5 Å². The highest BCUT2D eigenvalue weighted by Crippen LogP contribution is 2.07. The molecule has 14 heavy (non-hydrogen) atoms. The Hall–Kier alpha value is -0.390. The predicted molar refractivity (Wildman–Crippen MR) is 67.1 cm³/mol. The number of hydrogen-bond acceptors (Lipinski definition) is 1. The van der Waals surface area contributed by atoms with Crippen LogP contribution in [0.15, 0.2) is 18.2 Å². The van der Waals surface area contributed by atoms with Gasteiger partial charge in [0.05, 0.1) is 0 Å². The van der Waals surface area contributed by atoms with E-state index in [-0.39, 0.29) is 0 Å². The number of benzene rings is 1. The molecule has 0 radical (unpaired) electrons. The fourth-order valence-electron chi connectivity index (χ4n) is 1.45. The normalized spacial score (nSPS) is 10.9. The van der Waals surface area contributed by atoms with E-state index in [1.807, 2.05) is 0 Å². The lowest BCUT2D eigenvalue weighted by Crippen LogP contribution is -2.22. The van der Waals surface area contributed by atoms with E-state index in [0.717, 1.165) is 13.1 Å². The highest BCUT2D eigenvalue weighted by molar-refractivity contribution is 7.27. The van der Waals surface area contributed by atoms with Crippen molar-refractivity contribution in [2.75, 3.05) is 6.54 Å². The molecule has 1 aromatic rings. The largest absolute Gasteiger partial charge is 0.312 e. The standard InChI is InChI=1S/C12H20NP/c1-9(2)7-13-8-11-10(3)5-4-6-12(11)14/h4-6,9,13H,7-8,14H2,1-3H3. The van der Waals surface area contributed by atoms with Crippen LogP contribution in [0.5, 0.6) is 0 Å². The van der Waals surface area contributed by atoms with Crippen LogP contribution in [0.4, 0.5) is 0 Å². The van der Waals surface area contributed by atoms with Crippen molar-refractivity contribution in [3.05, 3.63) is 29.3 Å². The maximum atomic E-state index is 3.47. The zero-order chi connectivity index (χ0) is 10.6. The van der Waals surface area contributed by atoms with E-state index in [1.54, 1.807) is 0 Å². The molecule has 0 saturated heterocycles. The van der Waals surface area contributed by atoms with Crippen LogP contribution in [-0.4, -0.2) is 6.54 Å². The molecule has 0 aromatic heterocycles. The number of rotatable bonds is 4. The van der Waals surface area contributed by atoms with Crippen molar-refractivity contribution in [3.8, 4) is 0 Å². The van der Waals surface area contributed by atoms with Gasteiger partial charge in [0.1, 0.15) is 0 Å². The Morgan fingerprint density at radius 1 is 1.36 bits per heavy atom. The minimum atomic E-state index is 0.715. The van der Waals surface area contributed by atoms with Gasteiger partial charge in [0.15, 0.2) is 0 Å². The molecule has 1 N–H and O–H groups in total. The third-order valence-electron chi connectivity index (χ3n) is 2.30. The van der Waals surface area contributed by atoms with Gasteiger partial charge in [-0.05, 0) is 35.8 Å². The lowest BCUT2D eigenvalue weighted by molar-refractivity contribution is 0.552. The van der Waals surface area contributed by atoms with E-state index >= 15 is 0 Å². The maximum absolute atomic E-state index is 3.47. The van der Waals surface area contributed by atoms with Crippen molar-refractivity contribution in [1.29, 1.82) is 0 Å². The second kappa shape index (κ2) is 5.48. The zero-order valence-electron chi connectivity index (χ0n) is 9.30. The first-order valence-corrected chi connectivity index (χ1v) is 5.73. The van der Waals surface area contributed by atoms with Crippen molar-refractivity contribution in [2.24, 2.45) is 5.92 Å². The van der Waals surface area contributed by atoms with Crippen LogP contribution in [0.25, 0.3) is 0 Å². The van der Waals surface area contributed by atoms with E-state index in [0.29, 0.717) is 5.92 Å². The van der Waals surface area contributed by atoms with Gasteiger partial charge in [0.2, 0.25) is 0 Å². The van der Waals surface area contributed by atoms with Gasteiger partial charge in [-0.15, -0.1) is 9.24 Å². The molecular formula is C12H20NP. The van der Waals surface area contributed by atoms with Crippen molar-refractivity contribution in [2.45, 2.75) is 27.3 Å². The highest BCUT2D eigenvalue weighted by Gasteiger charge is 2.01. The first-order valence-electron chi connectivity index (χ1n) is 5.16. The third-order valence-corrected chi connectivity index (χ3v) is 2.84. The third kappa shape index (κ3) is 3.40. The first kappa shape index (κ1) is 11.7. The van der Waals surface area contributed by atoms with Gasteiger partial charge in [-0.3, -0.25) is 0 Å². The molecule has 0 spiro atoms. The lowest BCUT2D eigenvalue weighted by atomic mass is 10.1. The highest BCUT2D eigenvalue weighted by atomic mass is 31.0. The van der Waals surface area contributed by atoms with Crippen LogP contribution in [-0.2, 0) is 6.54 Å². The Kier molecular flexibility index (Phi) is 4.57. The monoisotopic (exact) mass is 209 g/mol. The molecule has 1 aromatic carbocycles. The van der Waals surface area contributed by atoms with Crippen molar-refractivity contribution in [1.82, 2.24) is 5.32 Å². The summed E-state index contributed by atoms with van der Waals surface area (Å²) in [6.07, 6.45) is 0. The molecule has 0 fully saturated rings. The minimum absolute atomic E-state index is 0.715. The van der Waals surface area contributed by atoms with Crippen LogP contribution < -0.4 is 10.6 Å². The summed E-state index contributed by atoms with van der Waals surface area (Å²) in [6, 6.07) is 6.41. The molecule has 2 heteroatoms. The van der Waals surface area contributed by atoms with Gasteiger partial charge in [0.25, 0.3) is 0 Å². The summed E-state index contributed by atoms with van der Waals surface area (Å²) in [5, 5.41) is 4.78. The van der Waals surface area contributed by atoms with Crippen LogP contribution in [0.3, 0.4) is 0 Å². The van der Waals surface area contributed by atoms with E-state index in [4.69, 9.17) is 0 Å². The molecule has 0 aliphatic heterocycles. The van der Waals surface area contributed by atoms with E-state index in [9.17, 15) is 0 Å². The van der Waals surface area contributed by atoms with Gasteiger partial charge in [-0.1, -0.05) is 32.0 Å². The lowest BCUT2D eigenvalue weighted by Gasteiger charge is -2.11. The predicted octanol–water partition coefficient (Wildman–Crippen LogP) is 2.24. The molecule has 0 amide bonds. The van der Waals surface area contributed by atoms with Gasteiger partial charge in [0, 0.05) is 6.54 Å². The van der Waals surface area contributed by atoms with E-state index in [2.05, 4.69) is 53.5 Å². The van der Waals surface area contributed by atoms with Crippen LogP contribution >= 0.6 is 9.24 Å². The Balaban J connectivity index is 2.58. The topological polar surface area (TPSA) is 12.0 Å². The van der Waals surface area contributed by atoms with E-state index in [1.165, 1.54) is 16.4 Å². The van der Waals surface area contributed by atoms with Gasteiger partial charge >= 0.3 is 0 Å². The summed E-state index contributed by atoms with van der Waals surface area (Å²) in [4.78, 5) is 0. The molecule has 0 heterocycles. The molecule has 1 rings (SSSR count). The Morgan fingerprint density at radius 2 is 2.07 bits per heavy atom. The fourth-order valence-corrected chi connectivity index (χ4v) is 1.89. The van der Waals surface area contributed by atoms with Crippen molar-refractivity contribution in [3.63, 3.8) is 0 Å². The summed E-state index contributed by atoms with van der Waals surface area (Å²) >= 11 is 0. The number of hydrogen-bond donors (Lipinski definition) is 1. The molecule has 0 aliphatic carbocycles. The average Bonchev–Trinajstić information content (AvgIpc) is 2.09. The summed E-state index contributed by atoms with van der Waals surface area (Å²) in [6.45, 7) is 8.68. The second-order valence-electron chi connectivity index (χ2n) is 4.17. The number of nitrogens with one attached hydrogen (secondary N) is 1. The first-order chi connectivity index (χ1) is 6.61. The SMILES string of the molecule is Cc1cccc(P)c1CNCC(C)C. The van der Waals surface area contributed by atoms with Crippen LogP contribution in [0.2, 0.25) is 0 Å². The zero-order valence-corrected chi connectivity index (χ0v) is 10.5. The molecule has 1 atom stereocenters. The Morgan fingerprint density at radius 3 is 2.64 bits per heavy atom. The molecule has 78 valence electrons. The molecule has 1 unspecified atom stereocenters. The molecule has 0 aliphatic rings. The Labute approximate surface area is 89.5 Å². The summed E-state index contributed by atoms with van der Waals surface area (Å²) in [7, 11) is 2.80. The summed E-state index contributed by atoms with van der Waals surface area (Å²) in [5.74, 6) is 0.715. The van der Waals surface area contributed by atoms with Gasteiger partial charge < -0.3 is 5.32 Å². The van der Waals surface area contributed by atoms with Gasteiger partial charge in [-0.2, -0.15) is 0 Å². The fraction of sp³-hybridized carbons (Fsp3) is 0.500. The van der Waals surface area contributed by atoms with Crippen molar-refractivity contribution < 1.29 is 0 Å².